The van der Waals surface area contributed by atoms with Gasteiger partial charge >= 0.3 is 0 Å². The SMILES string of the molecule is CCN(CC)CCNC1(C#N)CC(C)C1. The number of likely N-dealkylation sites (N-methyl/N-ethyl adjacent to an activating group) is 1. The quantitative estimate of drug-likeness (QED) is 0.722. The van der Waals surface area contributed by atoms with Crippen LogP contribution in [0.5, 0.6) is 0 Å². The Morgan fingerprint density at radius 3 is 2.40 bits per heavy atom. The molecule has 0 unspecified atom stereocenters. The Morgan fingerprint density at radius 2 is 2.00 bits per heavy atom. The van der Waals surface area contributed by atoms with Gasteiger partial charge in [0, 0.05) is 13.1 Å². The number of nitriles is 1. The Labute approximate surface area is 93.5 Å². The summed E-state index contributed by atoms with van der Waals surface area (Å²) < 4.78 is 0. The van der Waals surface area contributed by atoms with Crippen molar-refractivity contribution in [1.29, 1.82) is 5.26 Å². The van der Waals surface area contributed by atoms with Crippen LogP contribution in [0.25, 0.3) is 0 Å². The topological polar surface area (TPSA) is 39.1 Å². The maximum absolute atomic E-state index is 9.11. The zero-order valence-corrected chi connectivity index (χ0v) is 10.2. The van der Waals surface area contributed by atoms with E-state index >= 15 is 0 Å². The van der Waals surface area contributed by atoms with Crippen LogP contribution >= 0.6 is 0 Å². The number of nitrogens with zero attached hydrogens (tertiary/aromatic N) is 2. The molecule has 0 radical (unpaired) electrons. The summed E-state index contributed by atoms with van der Waals surface area (Å²) in [4.78, 5) is 2.38. The van der Waals surface area contributed by atoms with Gasteiger partial charge in [0.25, 0.3) is 0 Å². The average molecular weight is 209 g/mol. The van der Waals surface area contributed by atoms with E-state index in [-0.39, 0.29) is 5.54 Å². The van der Waals surface area contributed by atoms with Crippen molar-refractivity contribution in [3.05, 3.63) is 0 Å². The van der Waals surface area contributed by atoms with Crippen LogP contribution in [0.2, 0.25) is 0 Å². The van der Waals surface area contributed by atoms with E-state index in [1.165, 1.54) is 0 Å². The third-order valence-corrected chi connectivity index (χ3v) is 3.39. The summed E-state index contributed by atoms with van der Waals surface area (Å²) in [6.45, 7) is 10.7. The van der Waals surface area contributed by atoms with Crippen LogP contribution in [0.4, 0.5) is 0 Å². The molecule has 86 valence electrons. The van der Waals surface area contributed by atoms with E-state index < -0.39 is 0 Å². The fraction of sp³-hybridized carbons (Fsp3) is 0.917. The molecular weight excluding hydrogens is 186 g/mol. The van der Waals surface area contributed by atoms with Crippen molar-refractivity contribution in [3.63, 3.8) is 0 Å². The first-order chi connectivity index (χ1) is 7.15. The van der Waals surface area contributed by atoms with Gasteiger partial charge in [-0.05, 0) is 31.8 Å². The fourth-order valence-electron chi connectivity index (χ4n) is 2.40. The van der Waals surface area contributed by atoms with Crippen LogP contribution in [-0.4, -0.2) is 36.6 Å². The van der Waals surface area contributed by atoms with E-state index in [1.807, 2.05) is 0 Å². The van der Waals surface area contributed by atoms with Crippen molar-refractivity contribution < 1.29 is 0 Å². The summed E-state index contributed by atoms with van der Waals surface area (Å²) >= 11 is 0. The maximum Gasteiger partial charge on any atom is 0.107 e. The molecule has 0 aromatic rings. The lowest BCUT2D eigenvalue weighted by molar-refractivity contribution is 0.165. The molecule has 15 heavy (non-hydrogen) atoms. The lowest BCUT2D eigenvalue weighted by Gasteiger charge is -2.42. The highest BCUT2D eigenvalue weighted by Crippen LogP contribution is 2.36. The van der Waals surface area contributed by atoms with Crippen LogP contribution in [0.15, 0.2) is 0 Å². The first-order valence-electron chi connectivity index (χ1n) is 6.04. The molecule has 1 saturated carbocycles. The van der Waals surface area contributed by atoms with Crippen molar-refractivity contribution >= 4 is 0 Å². The van der Waals surface area contributed by atoms with Crippen LogP contribution < -0.4 is 5.32 Å². The summed E-state index contributed by atoms with van der Waals surface area (Å²) in [5, 5.41) is 12.5. The lowest BCUT2D eigenvalue weighted by Crippen LogP contribution is -2.55. The third kappa shape index (κ3) is 3.19. The second-order valence-corrected chi connectivity index (χ2v) is 4.66. The van der Waals surface area contributed by atoms with Crippen molar-refractivity contribution in [2.24, 2.45) is 5.92 Å². The zero-order chi connectivity index (χ0) is 11.3. The van der Waals surface area contributed by atoms with Crippen LogP contribution in [0.3, 0.4) is 0 Å². The highest BCUT2D eigenvalue weighted by molar-refractivity contribution is 5.14. The van der Waals surface area contributed by atoms with Crippen LogP contribution in [0, 0.1) is 17.2 Å². The van der Waals surface area contributed by atoms with E-state index in [0.29, 0.717) is 5.92 Å². The maximum atomic E-state index is 9.11. The van der Waals surface area contributed by atoms with Crippen molar-refractivity contribution in [1.82, 2.24) is 10.2 Å². The predicted molar refractivity (Wildman–Crippen MR) is 62.5 cm³/mol. The molecule has 1 rings (SSSR count). The standard InChI is InChI=1S/C12H23N3/c1-4-15(5-2)7-6-14-12(10-13)8-11(3)9-12/h11,14H,4-9H2,1-3H3. The molecule has 0 aromatic carbocycles. The van der Waals surface area contributed by atoms with Crippen molar-refractivity contribution in [3.8, 4) is 6.07 Å². The minimum absolute atomic E-state index is 0.202. The van der Waals surface area contributed by atoms with Crippen molar-refractivity contribution in [2.45, 2.75) is 39.2 Å². The Morgan fingerprint density at radius 1 is 1.40 bits per heavy atom. The fourth-order valence-corrected chi connectivity index (χ4v) is 2.40. The Bertz CT molecular complexity index is 222. The predicted octanol–water partition coefficient (Wildman–Crippen LogP) is 1.61. The van der Waals surface area contributed by atoms with E-state index in [9.17, 15) is 0 Å². The molecule has 1 aliphatic carbocycles. The zero-order valence-electron chi connectivity index (χ0n) is 10.2. The summed E-state index contributed by atoms with van der Waals surface area (Å²) in [5.41, 5.74) is -0.202. The molecule has 0 aliphatic heterocycles. The van der Waals surface area contributed by atoms with Crippen LogP contribution in [0.1, 0.15) is 33.6 Å². The number of hydrogen-bond acceptors (Lipinski definition) is 3. The van der Waals surface area contributed by atoms with Crippen molar-refractivity contribution in [2.75, 3.05) is 26.2 Å². The highest BCUT2D eigenvalue weighted by atomic mass is 15.1. The molecule has 1 fully saturated rings. The van der Waals surface area contributed by atoms with Gasteiger partial charge in [-0.2, -0.15) is 5.26 Å². The van der Waals surface area contributed by atoms with E-state index in [0.717, 1.165) is 39.0 Å². The monoisotopic (exact) mass is 209 g/mol. The summed E-state index contributed by atoms with van der Waals surface area (Å²) in [6.07, 6.45) is 2.03. The summed E-state index contributed by atoms with van der Waals surface area (Å²) in [6, 6.07) is 2.43. The normalized spacial score (nSPS) is 29.9. The van der Waals surface area contributed by atoms with Gasteiger partial charge < -0.3 is 4.90 Å². The van der Waals surface area contributed by atoms with Gasteiger partial charge in [-0.25, -0.2) is 0 Å². The minimum atomic E-state index is -0.202. The second-order valence-electron chi connectivity index (χ2n) is 4.66. The van der Waals surface area contributed by atoms with Gasteiger partial charge in [-0.1, -0.05) is 20.8 Å². The Hall–Kier alpha value is -0.590. The van der Waals surface area contributed by atoms with Gasteiger partial charge in [0.2, 0.25) is 0 Å². The lowest BCUT2D eigenvalue weighted by atomic mass is 9.70. The van der Waals surface area contributed by atoms with Gasteiger partial charge in [-0.15, -0.1) is 0 Å². The van der Waals surface area contributed by atoms with Gasteiger partial charge in [-0.3, -0.25) is 5.32 Å². The molecule has 3 nitrogen and oxygen atoms in total. The molecule has 1 N–H and O–H groups in total. The number of nitrogens with one attached hydrogen (secondary N) is 1. The average Bonchev–Trinajstić information content (AvgIpc) is 2.21. The van der Waals surface area contributed by atoms with Gasteiger partial charge in [0.05, 0.1) is 6.07 Å². The summed E-state index contributed by atoms with van der Waals surface area (Å²) in [7, 11) is 0. The molecule has 0 saturated heterocycles. The number of rotatable bonds is 6. The number of hydrogen-bond donors (Lipinski definition) is 1. The minimum Gasteiger partial charge on any atom is -0.303 e. The van der Waals surface area contributed by atoms with E-state index in [4.69, 9.17) is 5.26 Å². The van der Waals surface area contributed by atoms with E-state index in [2.05, 4.69) is 37.1 Å². The van der Waals surface area contributed by atoms with E-state index in [1.54, 1.807) is 0 Å². The van der Waals surface area contributed by atoms with Gasteiger partial charge in [0.15, 0.2) is 0 Å². The Kier molecular flexibility index (Phi) is 4.56. The first-order valence-corrected chi connectivity index (χ1v) is 6.04. The highest BCUT2D eigenvalue weighted by Gasteiger charge is 2.41. The molecule has 0 amide bonds. The second kappa shape index (κ2) is 5.48. The molecule has 0 heterocycles. The molecular formula is C12H23N3. The third-order valence-electron chi connectivity index (χ3n) is 3.39. The molecule has 0 bridgehead atoms. The van der Waals surface area contributed by atoms with Gasteiger partial charge in [0.1, 0.15) is 5.54 Å². The Balaban J connectivity index is 2.22. The summed E-state index contributed by atoms with van der Waals surface area (Å²) in [5.74, 6) is 0.714. The molecule has 3 heteroatoms. The smallest absolute Gasteiger partial charge is 0.107 e. The largest absolute Gasteiger partial charge is 0.303 e. The molecule has 0 spiro atoms. The molecule has 1 aliphatic rings. The first kappa shape index (κ1) is 12.5. The van der Waals surface area contributed by atoms with Crippen LogP contribution in [-0.2, 0) is 0 Å². The molecule has 0 aromatic heterocycles. The molecule has 0 atom stereocenters.